The summed E-state index contributed by atoms with van der Waals surface area (Å²) in [5.41, 5.74) is 4.76. The average Bonchev–Trinajstić information content (AvgIpc) is 3.37. The smallest absolute Gasteiger partial charge is 0.344 e. The maximum Gasteiger partial charge on any atom is 0.344 e. The van der Waals surface area contributed by atoms with Crippen molar-refractivity contribution in [2.75, 3.05) is 13.2 Å². The average molecular weight is 355 g/mol. The minimum Gasteiger partial charge on any atom is -0.482 e. The molecule has 0 bridgehead atoms. The Morgan fingerprint density at radius 2 is 1.81 bits per heavy atom. The number of carbonyl (C=O) groups is 2. The first kappa shape index (κ1) is 18.2. The van der Waals surface area contributed by atoms with Gasteiger partial charge in [0.05, 0.1) is 0 Å². The lowest BCUT2D eigenvalue weighted by Gasteiger charge is -2.10. The van der Waals surface area contributed by atoms with Crippen molar-refractivity contribution in [2.45, 2.75) is 46.6 Å². The molecule has 1 fully saturated rings. The molecule has 0 N–H and O–H groups in total. The van der Waals surface area contributed by atoms with Gasteiger partial charge >= 0.3 is 5.97 Å². The third kappa shape index (κ3) is 3.98. The minimum absolute atomic E-state index is 0.176. The predicted octanol–water partition coefficient (Wildman–Crippen LogP) is 3.86. The molecule has 0 amide bonds. The zero-order chi connectivity index (χ0) is 18.8. The summed E-state index contributed by atoms with van der Waals surface area (Å²) in [6.45, 7) is 7.40. The van der Waals surface area contributed by atoms with E-state index in [9.17, 15) is 9.59 Å². The molecule has 1 saturated carbocycles. The fourth-order valence-electron chi connectivity index (χ4n) is 3.32. The van der Waals surface area contributed by atoms with E-state index in [-0.39, 0.29) is 19.0 Å². The van der Waals surface area contributed by atoms with E-state index in [0.29, 0.717) is 17.4 Å². The molecule has 26 heavy (non-hydrogen) atoms. The maximum atomic E-state index is 12.4. The van der Waals surface area contributed by atoms with Gasteiger partial charge in [-0.05, 0) is 58.2 Å². The molecule has 0 spiro atoms. The molecule has 1 aromatic carbocycles. The van der Waals surface area contributed by atoms with Crippen LogP contribution in [0, 0.1) is 27.7 Å². The van der Waals surface area contributed by atoms with E-state index < -0.39 is 5.97 Å². The van der Waals surface area contributed by atoms with E-state index in [1.165, 1.54) is 0 Å². The number of esters is 1. The van der Waals surface area contributed by atoms with Crippen LogP contribution in [0.15, 0.2) is 24.3 Å². The van der Waals surface area contributed by atoms with Crippen LogP contribution in [-0.2, 0) is 9.53 Å². The van der Waals surface area contributed by atoms with Crippen molar-refractivity contribution in [3.63, 3.8) is 0 Å². The zero-order valence-corrected chi connectivity index (χ0v) is 15.8. The monoisotopic (exact) mass is 355 g/mol. The van der Waals surface area contributed by atoms with E-state index in [0.717, 1.165) is 35.4 Å². The summed E-state index contributed by atoms with van der Waals surface area (Å²) in [6.07, 6.45) is 2.32. The summed E-state index contributed by atoms with van der Waals surface area (Å²) in [5.74, 6) is -0.0777. The Hall–Kier alpha value is -2.56. The van der Waals surface area contributed by atoms with Crippen LogP contribution in [0.5, 0.6) is 5.75 Å². The molecular weight excluding hydrogens is 330 g/mol. The lowest BCUT2D eigenvalue weighted by Crippen LogP contribution is -2.20. The number of ketones is 1. The van der Waals surface area contributed by atoms with Crippen molar-refractivity contribution in [3.8, 4) is 5.75 Å². The molecule has 1 aliphatic rings. The third-order valence-corrected chi connectivity index (χ3v) is 4.74. The number of carbonyl (C=O) groups excluding carboxylic acids is 2. The molecule has 1 aliphatic carbocycles. The van der Waals surface area contributed by atoms with Crippen molar-refractivity contribution in [2.24, 2.45) is 0 Å². The van der Waals surface area contributed by atoms with Crippen molar-refractivity contribution >= 4 is 11.8 Å². The summed E-state index contributed by atoms with van der Waals surface area (Å²) in [4.78, 5) is 24.3. The van der Waals surface area contributed by atoms with Crippen LogP contribution in [0.2, 0.25) is 0 Å². The Morgan fingerprint density at radius 3 is 2.46 bits per heavy atom. The Bertz CT molecular complexity index is 846. The molecule has 0 saturated heterocycles. The van der Waals surface area contributed by atoms with Crippen LogP contribution in [0.3, 0.4) is 0 Å². The van der Waals surface area contributed by atoms with Crippen molar-refractivity contribution in [3.05, 3.63) is 52.3 Å². The zero-order valence-electron chi connectivity index (χ0n) is 15.8. The fraction of sp³-hybridized carbons (Fsp3) is 0.429. The second-order valence-corrected chi connectivity index (χ2v) is 7.03. The van der Waals surface area contributed by atoms with Crippen molar-refractivity contribution in [1.29, 1.82) is 0 Å². The van der Waals surface area contributed by atoms with Gasteiger partial charge in [0.2, 0.25) is 5.78 Å². The van der Waals surface area contributed by atoms with E-state index in [4.69, 9.17) is 9.47 Å². The molecule has 3 rings (SSSR count). The van der Waals surface area contributed by atoms with Crippen molar-refractivity contribution in [1.82, 2.24) is 4.57 Å². The van der Waals surface area contributed by atoms with Crippen LogP contribution in [0.4, 0.5) is 0 Å². The lowest BCUT2D eigenvalue weighted by atomic mass is 10.1. The standard InChI is InChI=1S/C21H25NO4/c1-13-5-8-20(14(2)9-13)25-12-21(24)26-11-19(23)18-10-15(3)22(16(18)4)17-6-7-17/h5,8-10,17H,6-7,11-12H2,1-4H3. The Balaban J connectivity index is 1.53. The van der Waals surface area contributed by atoms with Gasteiger partial charge < -0.3 is 14.0 Å². The number of aryl methyl sites for hydroxylation is 3. The van der Waals surface area contributed by atoms with E-state index in [2.05, 4.69) is 4.57 Å². The van der Waals surface area contributed by atoms with Crippen molar-refractivity contribution < 1.29 is 19.1 Å². The normalized spacial score (nSPS) is 13.5. The molecule has 5 heteroatoms. The fourth-order valence-corrected chi connectivity index (χ4v) is 3.32. The Kier molecular flexibility index (Phi) is 5.16. The molecule has 5 nitrogen and oxygen atoms in total. The summed E-state index contributed by atoms with van der Waals surface area (Å²) in [7, 11) is 0. The molecule has 0 aliphatic heterocycles. The Labute approximate surface area is 153 Å². The molecule has 138 valence electrons. The second kappa shape index (κ2) is 7.36. The number of hydrogen-bond acceptors (Lipinski definition) is 4. The highest BCUT2D eigenvalue weighted by molar-refractivity contribution is 5.99. The minimum atomic E-state index is -0.547. The quantitative estimate of drug-likeness (QED) is 0.559. The van der Waals surface area contributed by atoms with Gasteiger partial charge in [-0.2, -0.15) is 0 Å². The van der Waals surface area contributed by atoms with Crippen LogP contribution in [-0.4, -0.2) is 29.5 Å². The van der Waals surface area contributed by atoms with Gasteiger partial charge in [-0.1, -0.05) is 17.7 Å². The number of aromatic nitrogens is 1. The van der Waals surface area contributed by atoms with Crippen LogP contribution in [0.1, 0.15) is 51.8 Å². The van der Waals surface area contributed by atoms with Gasteiger partial charge in [-0.15, -0.1) is 0 Å². The predicted molar refractivity (Wildman–Crippen MR) is 98.9 cm³/mol. The molecule has 1 aromatic heterocycles. The van der Waals surface area contributed by atoms with Crippen LogP contribution >= 0.6 is 0 Å². The Morgan fingerprint density at radius 1 is 1.08 bits per heavy atom. The molecule has 2 aromatic rings. The van der Waals surface area contributed by atoms with Crippen LogP contribution in [0.25, 0.3) is 0 Å². The molecule has 0 unspecified atom stereocenters. The molecule has 0 atom stereocenters. The highest BCUT2D eigenvalue weighted by atomic mass is 16.6. The lowest BCUT2D eigenvalue weighted by molar-refractivity contribution is -0.144. The van der Waals surface area contributed by atoms with E-state index in [1.807, 2.05) is 52.0 Å². The molecular formula is C21H25NO4. The second-order valence-electron chi connectivity index (χ2n) is 7.03. The number of rotatable bonds is 7. The number of ether oxygens (including phenoxy) is 2. The van der Waals surface area contributed by atoms with Crippen LogP contribution < -0.4 is 4.74 Å². The molecule has 1 heterocycles. The third-order valence-electron chi connectivity index (χ3n) is 4.74. The number of hydrogen-bond donors (Lipinski definition) is 0. The number of nitrogens with zero attached hydrogens (tertiary/aromatic N) is 1. The summed E-state index contributed by atoms with van der Waals surface area (Å²) < 4.78 is 12.8. The largest absolute Gasteiger partial charge is 0.482 e. The van der Waals surface area contributed by atoms with Gasteiger partial charge in [0, 0.05) is 23.0 Å². The van der Waals surface area contributed by atoms with Gasteiger partial charge in [0.1, 0.15) is 5.75 Å². The topological polar surface area (TPSA) is 57.5 Å². The highest BCUT2D eigenvalue weighted by Gasteiger charge is 2.28. The van der Waals surface area contributed by atoms with Gasteiger partial charge in [-0.3, -0.25) is 4.79 Å². The summed E-state index contributed by atoms with van der Waals surface area (Å²) >= 11 is 0. The highest BCUT2D eigenvalue weighted by Crippen LogP contribution is 2.38. The number of Topliss-reactive ketones (excluding diaryl/α,β-unsaturated/α-hetero) is 1. The van der Waals surface area contributed by atoms with E-state index >= 15 is 0 Å². The van der Waals surface area contributed by atoms with Gasteiger partial charge in [0.15, 0.2) is 13.2 Å². The van der Waals surface area contributed by atoms with E-state index in [1.54, 1.807) is 0 Å². The van der Waals surface area contributed by atoms with Gasteiger partial charge in [0.25, 0.3) is 0 Å². The first-order valence-corrected chi connectivity index (χ1v) is 8.94. The maximum absolute atomic E-state index is 12.4. The number of benzene rings is 1. The van der Waals surface area contributed by atoms with Gasteiger partial charge in [-0.25, -0.2) is 4.79 Å². The molecule has 0 radical (unpaired) electrons. The SMILES string of the molecule is Cc1ccc(OCC(=O)OCC(=O)c2cc(C)n(C3CC3)c2C)c(C)c1. The summed E-state index contributed by atoms with van der Waals surface area (Å²) in [6, 6.07) is 8.14. The first-order chi connectivity index (χ1) is 12.4. The first-order valence-electron chi connectivity index (χ1n) is 8.94. The summed E-state index contributed by atoms with van der Waals surface area (Å²) in [5, 5.41) is 0.